The van der Waals surface area contributed by atoms with Crippen LogP contribution in [0.2, 0.25) is 0 Å². The van der Waals surface area contributed by atoms with Crippen molar-refractivity contribution < 1.29 is 4.79 Å². The second-order valence-corrected chi connectivity index (χ2v) is 6.17. The largest absolute Gasteiger partial charge is 0.335 e. The summed E-state index contributed by atoms with van der Waals surface area (Å²) in [5, 5.41) is 8.89. The van der Waals surface area contributed by atoms with Crippen molar-refractivity contribution in [1.82, 2.24) is 4.90 Å². The van der Waals surface area contributed by atoms with Gasteiger partial charge in [0.05, 0.1) is 11.6 Å². The topological polar surface area (TPSA) is 44.1 Å². The van der Waals surface area contributed by atoms with Crippen LogP contribution in [0, 0.1) is 16.7 Å². The van der Waals surface area contributed by atoms with E-state index in [0.717, 1.165) is 13.0 Å². The number of hydrogen-bond donors (Lipinski definition) is 0. The molecule has 1 heterocycles. The number of carbonyl (C=O) groups is 1. The van der Waals surface area contributed by atoms with Gasteiger partial charge in [-0.25, -0.2) is 0 Å². The predicted molar refractivity (Wildman–Crippen MR) is 79.2 cm³/mol. The number of hydrogen-bond acceptors (Lipinski definition) is 2. The molecule has 3 heteroatoms. The van der Waals surface area contributed by atoms with Gasteiger partial charge in [0.1, 0.15) is 0 Å². The first-order valence-electron chi connectivity index (χ1n) is 6.91. The van der Waals surface area contributed by atoms with Crippen LogP contribution in [0.5, 0.6) is 0 Å². The SMILES string of the molecule is CC(C)(C)C1=CCN(C(=O)c2cccc(C#N)c2)CC1. The molecule has 0 saturated carbocycles. The zero-order valence-electron chi connectivity index (χ0n) is 12.3. The maximum absolute atomic E-state index is 12.4. The molecule has 1 aliphatic heterocycles. The average Bonchev–Trinajstić information content (AvgIpc) is 2.46. The molecule has 0 radical (unpaired) electrons. The fourth-order valence-corrected chi connectivity index (χ4v) is 2.44. The molecule has 0 saturated heterocycles. The number of carbonyl (C=O) groups excluding carboxylic acids is 1. The maximum Gasteiger partial charge on any atom is 0.254 e. The lowest BCUT2D eigenvalue weighted by molar-refractivity contribution is 0.0765. The van der Waals surface area contributed by atoms with E-state index in [1.54, 1.807) is 24.3 Å². The van der Waals surface area contributed by atoms with Crippen molar-refractivity contribution in [2.75, 3.05) is 13.1 Å². The number of amides is 1. The monoisotopic (exact) mass is 268 g/mol. The summed E-state index contributed by atoms with van der Waals surface area (Å²) in [6, 6.07) is 8.97. The Morgan fingerprint density at radius 3 is 2.65 bits per heavy atom. The van der Waals surface area contributed by atoms with Gasteiger partial charge >= 0.3 is 0 Å². The van der Waals surface area contributed by atoms with Crippen LogP contribution < -0.4 is 0 Å². The third-order valence-corrected chi connectivity index (χ3v) is 3.70. The first-order chi connectivity index (χ1) is 9.41. The zero-order valence-corrected chi connectivity index (χ0v) is 12.3. The molecule has 0 aromatic heterocycles. The molecule has 20 heavy (non-hydrogen) atoms. The number of nitrogens with zero attached hydrogens (tertiary/aromatic N) is 2. The molecule has 0 bridgehead atoms. The predicted octanol–water partition coefficient (Wildman–Crippen LogP) is 3.38. The Balaban J connectivity index is 2.13. The van der Waals surface area contributed by atoms with Crippen molar-refractivity contribution >= 4 is 5.91 Å². The first kappa shape index (κ1) is 14.3. The van der Waals surface area contributed by atoms with E-state index in [0.29, 0.717) is 17.7 Å². The highest BCUT2D eigenvalue weighted by molar-refractivity contribution is 5.94. The summed E-state index contributed by atoms with van der Waals surface area (Å²) in [6.07, 6.45) is 3.09. The lowest BCUT2D eigenvalue weighted by atomic mass is 9.83. The normalized spacial score (nSPS) is 15.5. The van der Waals surface area contributed by atoms with Crippen molar-refractivity contribution in [2.45, 2.75) is 27.2 Å². The number of nitriles is 1. The third kappa shape index (κ3) is 3.08. The van der Waals surface area contributed by atoms with Crippen LogP contribution >= 0.6 is 0 Å². The third-order valence-electron chi connectivity index (χ3n) is 3.70. The minimum atomic E-state index is 0.00584. The van der Waals surface area contributed by atoms with Crippen LogP contribution in [0.15, 0.2) is 35.9 Å². The van der Waals surface area contributed by atoms with Gasteiger partial charge in [0.15, 0.2) is 0 Å². The van der Waals surface area contributed by atoms with Gasteiger partial charge in [-0.05, 0) is 30.0 Å². The van der Waals surface area contributed by atoms with Gasteiger partial charge in [0.25, 0.3) is 5.91 Å². The van der Waals surface area contributed by atoms with Gasteiger partial charge in [0.2, 0.25) is 0 Å². The van der Waals surface area contributed by atoms with Gasteiger partial charge in [-0.15, -0.1) is 0 Å². The van der Waals surface area contributed by atoms with Crippen LogP contribution in [0.4, 0.5) is 0 Å². The van der Waals surface area contributed by atoms with Crippen molar-refractivity contribution in [1.29, 1.82) is 5.26 Å². The second kappa shape index (κ2) is 5.50. The average molecular weight is 268 g/mol. The molecule has 0 fully saturated rings. The molecule has 3 nitrogen and oxygen atoms in total. The molecule has 2 rings (SSSR count). The quantitative estimate of drug-likeness (QED) is 0.733. The van der Waals surface area contributed by atoms with E-state index in [1.807, 2.05) is 4.90 Å². The molecule has 0 atom stereocenters. The van der Waals surface area contributed by atoms with E-state index in [-0.39, 0.29) is 11.3 Å². The molecule has 1 aliphatic rings. The Hall–Kier alpha value is -2.08. The van der Waals surface area contributed by atoms with Crippen LogP contribution in [-0.4, -0.2) is 23.9 Å². The standard InChI is InChI=1S/C17H20N2O/c1-17(2,3)15-7-9-19(10-8-15)16(20)14-6-4-5-13(11-14)12-18/h4-7,11H,8-10H2,1-3H3. The molecule has 0 spiro atoms. The van der Waals surface area contributed by atoms with Crippen LogP contribution in [0.25, 0.3) is 0 Å². The highest BCUT2D eigenvalue weighted by atomic mass is 16.2. The smallest absolute Gasteiger partial charge is 0.254 e. The van der Waals surface area contributed by atoms with E-state index in [4.69, 9.17) is 5.26 Å². The van der Waals surface area contributed by atoms with Gasteiger partial charge < -0.3 is 4.90 Å². The molecule has 0 N–H and O–H groups in total. The van der Waals surface area contributed by atoms with Crippen LogP contribution in [0.3, 0.4) is 0 Å². The van der Waals surface area contributed by atoms with E-state index >= 15 is 0 Å². The Labute approximate surface area is 120 Å². The molecular formula is C17H20N2O. The summed E-state index contributed by atoms with van der Waals surface area (Å²) in [4.78, 5) is 14.3. The summed E-state index contributed by atoms with van der Waals surface area (Å²) in [7, 11) is 0. The fraction of sp³-hybridized carbons (Fsp3) is 0.412. The minimum Gasteiger partial charge on any atom is -0.335 e. The summed E-state index contributed by atoms with van der Waals surface area (Å²) < 4.78 is 0. The summed E-state index contributed by atoms with van der Waals surface area (Å²) in [6.45, 7) is 8.01. The van der Waals surface area contributed by atoms with Crippen molar-refractivity contribution in [2.24, 2.45) is 5.41 Å². The zero-order chi connectivity index (χ0) is 14.8. The summed E-state index contributed by atoms with van der Waals surface area (Å²) in [5.74, 6) is 0.00584. The number of rotatable bonds is 1. The Morgan fingerprint density at radius 1 is 1.35 bits per heavy atom. The molecule has 0 aliphatic carbocycles. The van der Waals surface area contributed by atoms with E-state index in [2.05, 4.69) is 32.9 Å². The summed E-state index contributed by atoms with van der Waals surface area (Å²) in [5.41, 5.74) is 2.71. The minimum absolute atomic E-state index is 0.00584. The lowest BCUT2D eigenvalue weighted by Crippen LogP contribution is -2.36. The lowest BCUT2D eigenvalue weighted by Gasteiger charge is -2.32. The van der Waals surface area contributed by atoms with Gasteiger partial charge in [-0.1, -0.05) is 38.5 Å². The Bertz CT molecular complexity index is 588. The summed E-state index contributed by atoms with van der Waals surface area (Å²) >= 11 is 0. The molecular weight excluding hydrogens is 248 g/mol. The van der Waals surface area contributed by atoms with Gasteiger partial charge in [-0.2, -0.15) is 5.26 Å². The van der Waals surface area contributed by atoms with Crippen molar-refractivity contribution in [3.05, 3.63) is 47.0 Å². The number of benzene rings is 1. The van der Waals surface area contributed by atoms with Crippen LogP contribution in [0.1, 0.15) is 43.1 Å². The van der Waals surface area contributed by atoms with E-state index in [1.165, 1.54) is 5.57 Å². The molecule has 1 aromatic carbocycles. The van der Waals surface area contributed by atoms with E-state index < -0.39 is 0 Å². The Kier molecular flexibility index (Phi) is 3.94. The molecule has 1 amide bonds. The molecule has 104 valence electrons. The van der Waals surface area contributed by atoms with Crippen molar-refractivity contribution in [3.63, 3.8) is 0 Å². The first-order valence-corrected chi connectivity index (χ1v) is 6.91. The second-order valence-electron chi connectivity index (χ2n) is 6.17. The highest BCUT2D eigenvalue weighted by Gasteiger charge is 2.24. The highest BCUT2D eigenvalue weighted by Crippen LogP contribution is 2.30. The van der Waals surface area contributed by atoms with Crippen molar-refractivity contribution in [3.8, 4) is 6.07 Å². The van der Waals surface area contributed by atoms with E-state index in [9.17, 15) is 4.79 Å². The maximum atomic E-state index is 12.4. The van der Waals surface area contributed by atoms with Gasteiger partial charge in [-0.3, -0.25) is 4.79 Å². The molecule has 0 unspecified atom stereocenters. The molecule has 1 aromatic rings. The fourth-order valence-electron chi connectivity index (χ4n) is 2.44. The van der Waals surface area contributed by atoms with Gasteiger partial charge in [0, 0.05) is 18.7 Å². The van der Waals surface area contributed by atoms with Crippen LogP contribution in [-0.2, 0) is 0 Å². The Morgan fingerprint density at radius 2 is 2.10 bits per heavy atom.